The van der Waals surface area contributed by atoms with Gasteiger partial charge in [0.15, 0.2) is 5.82 Å². The largest absolute Gasteiger partial charge is 0.353 e. The van der Waals surface area contributed by atoms with Crippen LogP contribution in [0.5, 0.6) is 0 Å². The zero-order valence-electron chi connectivity index (χ0n) is 20.7. The van der Waals surface area contributed by atoms with Gasteiger partial charge in [-0.3, -0.25) is 4.79 Å². The number of halogens is 1. The minimum atomic E-state index is -0.347. The highest BCUT2D eigenvalue weighted by Crippen LogP contribution is 2.39. The van der Waals surface area contributed by atoms with Crippen LogP contribution in [0.15, 0.2) is 30.5 Å². The summed E-state index contributed by atoms with van der Waals surface area (Å²) in [6.45, 7) is 17.6. The second-order valence-electron chi connectivity index (χ2n) is 11.5. The van der Waals surface area contributed by atoms with E-state index in [4.69, 9.17) is 0 Å². The van der Waals surface area contributed by atoms with Crippen molar-refractivity contribution in [3.05, 3.63) is 47.5 Å². The van der Waals surface area contributed by atoms with Crippen molar-refractivity contribution in [2.75, 3.05) is 17.3 Å². The third-order valence-electron chi connectivity index (χ3n) is 5.72. The molecule has 0 aliphatic carbocycles. The molecule has 1 aromatic carbocycles. The number of aromatic amines is 1. The molecule has 0 saturated heterocycles. The number of anilines is 2. The molecule has 3 rings (SSSR count). The molecule has 174 valence electrons. The first kappa shape index (κ1) is 23.8. The van der Waals surface area contributed by atoms with Crippen LogP contribution in [-0.4, -0.2) is 33.1 Å². The number of amides is 1. The molecule has 6 nitrogen and oxygen atoms in total. The number of hydrogen-bond donors (Lipinski definition) is 2. The lowest BCUT2D eigenvalue weighted by Crippen LogP contribution is -2.45. The van der Waals surface area contributed by atoms with Crippen LogP contribution in [0.3, 0.4) is 0 Å². The van der Waals surface area contributed by atoms with Crippen molar-refractivity contribution < 1.29 is 9.18 Å². The molecule has 7 heteroatoms. The molecule has 0 atom stereocenters. The van der Waals surface area contributed by atoms with Gasteiger partial charge < -0.3 is 15.2 Å². The van der Waals surface area contributed by atoms with E-state index in [1.807, 2.05) is 4.52 Å². The van der Waals surface area contributed by atoms with Gasteiger partial charge in [0.1, 0.15) is 17.0 Å². The first-order valence-electron chi connectivity index (χ1n) is 11.0. The molecule has 0 unspecified atom stereocenters. The Morgan fingerprint density at radius 1 is 1.09 bits per heavy atom. The van der Waals surface area contributed by atoms with Gasteiger partial charge in [-0.25, -0.2) is 4.39 Å². The molecule has 1 amide bonds. The van der Waals surface area contributed by atoms with Crippen molar-refractivity contribution in [3.8, 4) is 0 Å². The van der Waals surface area contributed by atoms with Crippen molar-refractivity contribution in [2.45, 2.75) is 72.8 Å². The highest BCUT2D eigenvalue weighted by molar-refractivity contribution is 6.08. The van der Waals surface area contributed by atoms with Crippen LogP contribution >= 0.6 is 0 Å². The minimum Gasteiger partial charge on any atom is -0.353 e. The van der Waals surface area contributed by atoms with Crippen molar-refractivity contribution in [1.82, 2.24) is 14.6 Å². The number of benzene rings is 1. The van der Waals surface area contributed by atoms with E-state index < -0.39 is 0 Å². The molecule has 2 aromatic heterocycles. The summed E-state index contributed by atoms with van der Waals surface area (Å²) in [4.78, 5) is 18.8. The Kier molecular flexibility index (Phi) is 5.91. The third-order valence-corrected chi connectivity index (χ3v) is 5.72. The van der Waals surface area contributed by atoms with Gasteiger partial charge in [-0.2, -0.15) is 9.61 Å². The summed E-state index contributed by atoms with van der Waals surface area (Å²) < 4.78 is 15.0. The van der Waals surface area contributed by atoms with Gasteiger partial charge in [0.25, 0.3) is 5.91 Å². The Morgan fingerprint density at radius 2 is 1.69 bits per heavy atom. The topological polar surface area (TPSA) is 65.4 Å². The summed E-state index contributed by atoms with van der Waals surface area (Å²) in [7, 11) is 2.09. The van der Waals surface area contributed by atoms with E-state index in [0.717, 1.165) is 17.9 Å². The van der Waals surface area contributed by atoms with E-state index in [1.165, 1.54) is 24.3 Å². The van der Waals surface area contributed by atoms with Gasteiger partial charge in [-0.05, 0) is 49.9 Å². The Morgan fingerprint density at radius 3 is 2.22 bits per heavy atom. The maximum atomic E-state index is 13.2. The number of carbonyl (C=O) groups is 1. The third kappa shape index (κ3) is 4.81. The predicted molar refractivity (Wildman–Crippen MR) is 129 cm³/mol. The molecule has 0 radical (unpaired) electrons. The van der Waals surface area contributed by atoms with Crippen LogP contribution in [0.1, 0.15) is 77.9 Å². The Labute approximate surface area is 190 Å². The van der Waals surface area contributed by atoms with E-state index in [0.29, 0.717) is 16.9 Å². The zero-order valence-corrected chi connectivity index (χ0v) is 20.7. The molecule has 0 saturated carbocycles. The minimum absolute atomic E-state index is 0.143. The van der Waals surface area contributed by atoms with Gasteiger partial charge in [-0.1, -0.05) is 41.5 Å². The quantitative estimate of drug-likeness (QED) is 0.510. The van der Waals surface area contributed by atoms with Crippen LogP contribution in [0.2, 0.25) is 0 Å². The number of carbonyl (C=O) groups excluding carboxylic acids is 1. The zero-order chi connectivity index (χ0) is 24.1. The monoisotopic (exact) mass is 441 g/mol. The Balaban J connectivity index is 2.07. The summed E-state index contributed by atoms with van der Waals surface area (Å²) in [5.74, 6) is 0.305. The summed E-state index contributed by atoms with van der Waals surface area (Å²) in [5.41, 5.74) is 2.45. The molecule has 0 fully saturated rings. The highest BCUT2D eigenvalue weighted by Gasteiger charge is 2.36. The Bertz CT molecular complexity index is 1110. The summed E-state index contributed by atoms with van der Waals surface area (Å²) in [6, 6.07) is 5.72. The predicted octanol–water partition coefficient (Wildman–Crippen LogP) is 6.00. The van der Waals surface area contributed by atoms with Crippen LogP contribution in [0, 0.1) is 11.2 Å². The molecular formula is C25H36FN5O. The number of rotatable bonds is 5. The highest BCUT2D eigenvalue weighted by atomic mass is 19.1. The second kappa shape index (κ2) is 7.94. The Hall–Kier alpha value is -2.83. The second-order valence-corrected chi connectivity index (χ2v) is 11.5. The van der Waals surface area contributed by atoms with Gasteiger partial charge in [0.05, 0.1) is 11.9 Å². The average Bonchev–Trinajstić information content (AvgIpc) is 3.19. The molecule has 2 N–H and O–H groups in total. The molecule has 0 aliphatic rings. The van der Waals surface area contributed by atoms with E-state index in [-0.39, 0.29) is 28.1 Å². The molecular weight excluding hydrogens is 405 g/mol. The summed E-state index contributed by atoms with van der Waals surface area (Å²) >= 11 is 0. The number of imidazole rings is 1. The molecule has 0 bridgehead atoms. The molecule has 0 spiro atoms. The lowest BCUT2D eigenvalue weighted by molar-refractivity contribution is 0.102. The fraction of sp³-hybridized carbons (Fsp3) is 0.520. The number of aromatic nitrogens is 3. The van der Waals surface area contributed by atoms with E-state index in [1.54, 1.807) is 6.20 Å². The normalized spacial score (nSPS) is 12.9. The van der Waals surface area contributed by atoms with Crippen molar-refractivity contribution in [1.29, 1.82) is 0 Å². The molecule has 3 aromatic rings. The van der Waals surface area contributed by atoms with Crippen LogP contribution in [0.25, 0.3) is 5.65 Å². The maximum absolute atomic E-state index is 13.2. The summed E-state index contributed by atoms with van der Waals surface area (Å²) in [5, 5.41) is 7.41. The van der Waals surface area contributed by atoms with Crippen LogP contribution in [0.4, 0.5) is 15.9 Å². The van der Waals surface area contributed by atoms with Gasteiger partial charge in [0.2, 0.25) is 0 Å². The fourth-order valence-corrected chi connectivity index (χ4v) is 4.34. The van der Waals surface area contributed by atoms with Crippen molar-refractivity contribution in [2.24, 2.45) is 5.41 Å². The van der Waals surface area contributed by atoms with E-state index in [9.17, 15) is 9.18 Å². The lowest BCUT2D eigenvalue weighted by Gasteiger charge is -2.42. The lowest BCUT2D eigenvalue weighted by atomic mass is 9.80. The molecule has 2 heterocycles. The number of nitrogens with one attached hydrogen (secondary N) is 2. The molecule has 32 heavy (non-hydrogen) atoms. The van der Waals surface area contributed by atoms with Crippen molar-refractivity contribution in [3.63, 3.8) is 0 Å². The number of fused-ring (bicyclic) bond motifs is 1. The van der Waals surface area contributed by atoms with E-state index in [2.05, 4.69) is 82.7 Å². The van der Waals surface area contributed by atoms with Gasteiger partial charge in [0, 0.05) is 23.7 Å². The average molecular weight is 442 g/mol. The van der Waals surface area contributed by atoms with Gasteiger partial charge in [-0.15, -0.1) is 0 Å². The van der Waals surface area contributed by atoms with Gasteiger partial charge >= 0.3 is 0 Å². The maximum Gasteiger partial charge on any atom is 0.261 e. The number of H-pyrrole nitrogens is 1. The fourth-order valence-electron chi connectivity index (χ4n) is 4.34. The van der Waals surface area contributed by atoms with Crippen LogP contribution < -0.4 is 10.2 Å². The molecule has 0 aliphatic heterocycles. The SMILES string of the molecule is CN(c1c(C(C)(C)C)[nH]c2c(C(=O)Nc3ccc(F)cc3)cnn12)C(C)(C)CC(C)(C)C. The summed E-state index contributed by atoms with van der Waals surface area (Å²) in [6.07, 6.45) is 2.55. The standard InChI is InChI=1S/C25H36FN5O/c1-23(2,3)15-25(7,8)30(9)22-19(24(4,5)6)29-20-18(14-27-31(20)22)21(32)28-17-12-10-16(26)11-13-17/h10-14,29H,15H2,1-9H3,(H,28,32). The smallest absolute Gasteiger partial charge is 0.261 e. The number of nitrogens with zero attached hydrogens (tertiary/aromatic N) is 3. The van der Waals surface area contributed by atoms with Crippen molar-refractivity contribution >= 4 is 23.1 Å². The van der Waals surface area contributed by atoms with E-state index >= 15 is 0 Å². The van der Waals surface area contributed by atoms with Crippen LogP contribution in [-0.2, 0) is 5.41 Å². The first-order chi connectivity index (χ1) is 14.6. The first-order valence-corrected chi connectivity index (χ1v) is 11.0. The number of hydrogen-bond acceptors (Lipinski definition) is 3.